The minimum absolute atomic E-state index is 0.0943. The molecule has 33 heavy (non-hydrogen) atoms. The molecule has 0 bridgehead atoms. The third-order valence-corrected chi connectivity index (χ3v) is 5.96. The van der Waals surface area contributed by atoms with Gasteiger partial charge < -0.3 is 15.0 Å². The Labute approximate surface area is 202 Å². The van der Waals surface area contributed by atoms with E-state index in [1.54, 1.807) is 46.2 Å². The maximum absolute atomic E-state index is 13.2. The molecule has 0 spiro atoms. The number of amides is 3. The van der Waals surface area contributed by atoms with Crippen molar-refractivity contribution in [1.29, 1.82) is 0 Å². The zero-order chi connectivity index (χ0) is 23.2. The number of urea groups is 1. The lowest BCUT2D eigenvalue weighted by molar-refractivity contribution is -0.118. The first-order valence-electron chi connectivity index (χ1n) is 10.6. The molecule has 1 heterocycles. The van der Waals surface area contributed by atoms with Crippen LogP contribution in [0.2, 0.25) is 10.0 Å². The van der Waals surface area contributed by atoms with Gasteiger partial charge in [0.25, 0.3) is 5.91 Å². The molecule has 8 heteroatoms. The van der Waals surface area contributed by atoms with E-state index in [-0.39, 0.29) is 18.5 Å². The van der Waals surface area contributed by atoms with Crippen LogP contribution in [0.3, 0.4) is 0 Å². The number of halogens is 2. The van der Waals surface area contributed by atoms with Crippen LogP contribution in [0.15, 0.2) is 72.8 Å². The molecule has 3 aromatic carbocycles. The number of nitrogens with zero attached hydrogens (tertiary/aromatic N) is 2. The Morgan fingerprint density at radius 2 is 1.76 bits per heavy atom. The fourth-order valence-corrected chi connectivity index (χ4v) is 3.96. The minimum Gasteiger partial charge on any atom is -0.484 e. The zero-order valence-electron chi connectivity index (χ0n) is 17.8. The summed E-state index contributed by atoms with van der Waals surface area (Å²) in [6.45, 7) is 1.60. The number of ether oxygens (including phenoxy) is 1. The second-order valence-electron chi connectivity index (χ2n) is 7.66. The van der Waals surface area contributed by atoms with Crippen LogP contribution >= 0.6 is 23.2 Å². The normalized spacial score (nSPS) is 13.7. The van der Waals surface area contributed by atoms with Crippen LogP contribution in [0.25, 0.3) is 0 Å². The van der Waals surface area contributed by atoms with Gasteiger partial charge in [0.2, 0.25) is 0 Å². The van der Waals surface area contributed by atoms with Gasteiger partial charge in [-0.2, -0.15) is 0 Å². The Bertz CT molecular complexity index is 1140. The SMILES string of the molecule is O=C(COc1ccccc1)Nc1cccc(N2CCCN(Cc3ccc(Cl)c(Cl)c3)C2=O)c1. The highest BCUT2D eigenvalue weighted by Gasteiger charge is 2.27. The van der Waals surface area contributed by atoms with Crippen molar-refractivity contribution >= 4 is 46.5 Å². The highest BCUT2D eigenvalue weighted by atomic mass is 35.5. The second-order valence-corrected chi connectivity index (χ2v) is 8.47. The third-order valence-electron chi connectivity index (χ3n) is 5.22. The molecule has 170 valence electrons. The van der Waals surface area contributed by atoms with Crippen molar-refractivity contribution in [3.8, 4) is 5.75 Å². The van der Waals surface area contributed by atoms with Crippen molar-refractivity contribution in [2.24, 2.45) is 0 Å². The minimum atomic E-state index is -0.276. The van der Waals surface area contributed by atoms with E-state index in [1.807, 2.05) is 36.4 Å². The van der Waals surface area contributed by atoms with Gasteiger partial charge in [-0.1, -0.05) is 53.5 Å². The molecule has 4 rings (SSSR count). The molecule has 0 saturated carbocycles. The van der Waals surface area contributed by atoms with E-state index in [9.17, 15) is 9.59 Å². The Hall–Kier alpha value is -3.22. The molecular weight excluding hydrogens is 461 g/mol. The van der Waals surface area contributed by atoms with E-state index in [1.165, 1.54) is 0 Å². The van der Waals surface area contributed by atoms with E-state index in [0.717, 1.165) is 17.7 Å². The van der Waals surface area contributed by atoms with Gasteiger partial charge in [-0.15, -0.1) is 0 Å². The molecule has 3 aromatic rings. The monoisotopic (exact) mass is 483 g/mol. The van der Waals surface area contributed by atoms with Gasteiger partial charge in [0, 0.05) is 31.0 Å². The number of hydrogen-bond donors (Lipinski definition) is 1. The Morgan fingerprint density at radius 3 is 2.55 bits per heavy atom. The van der Waals surface area contributed by atoms with Crippen LogP contribution in [0.4, 0.5) is 16.2 Å². The smallest absolute Gasteiger partial charge is 0.324 e. The first-order chi connectivity index (χ1) is 16.0. The molecule has 1 N–H and O–H groups in total. The van der Waals surface area contributed by atoms with Crippen molar-refractivity contribution in [2.75, 3.05) is 29.9 Å². The van der Waals surface area contributed by atoms with E-state index in [0.29, 0.717) is 41.1 Å². The first kappa shape index (κ1) is 23.0. The number of rotatable bonds is 7. The number of hydrogen-bond acceptors (Lipinski definition) is 3. The Balaban J connectivity index is 1.39. The zero-order valence-corrected chi connectivity index (χ0v) is 19.4. The number of anilines is 2. The summed E-state index contributed by atoms with van der Waals surface area (Å²) in [6, 6.07) is 21.7. The highest BCUT2D eigenvalue weighted by Crippen LogP contribution is 2.26. The Morgan fingerprint density at radius 1 is 0.939 bits per heavy atom. The number of carbonyl (C=O) groups is 2. The van der Waals surface area contributed by atoms with Crippen LogP contribution < -0.4 is 15.0 Å². The maximum Gasteiger partial charge on any atom is 0.324 e. The summed E-state index contributed by atoms with van der Waals surface area (Å²) in [6.07, 6.45) is 0.828. The van der Waals surface area contributed by atoms with Crippen molar-refractivity contribution in [3.05, 3.63) is 88.4 Å². The molecule has 0 radical (unpaired) electrons. The lowest BCUT2D eigenvalue weighted by atomic mass is 10.1. The number of para-hydroxylation sites is 1. The summed E-state index contributed by atoms with van der Waals surface area (Å²) in [5.41, 5.74) is 2.24. The third kappa shape index (κ3) is 5.97. The standard InChI is InChI=1S/C25H23Cl2N3O3/c26-22-11-10-18(14-23(22)27)16-29-12-5-13-30(25(29)32)20-7-4-6-19(15-20)28-24(31)17-33-21-8-2-1-3-9-21/h1-4,6-11,14-15H,5,12-13,16-17H2,(H,28,31). The maximum atomic E-state index is 13.2. The predicted molar refractivity (Wildman–Crippen MR) is 131 cm³/mol. The number of benzene rings is 3. The fourth-order valence-electron chi connectivity index (χ4n) is 3.64. The van der Waals surface area contributed by atoms with Crippen molar-refractivity contribution in [2.45, 2.75) is 13.0 Å². The van der Waals surface area contributed by atoms with Crippen molar-refractivity contribution < 1.29 is 14.3 Å². The van der Waals surface area contributed by atoms with Gasteiger partial charge in [-0.05, 0) is 54.4 Å². The van der Waals surface area contributed by atoms with Crippen LogP contribution in [-0.2, 0) is 11.3 Å². The van der Waals surface area contributed by atoms with Crippen molar-refractivity contribution in [1.82, 2.24) is 4.90 Å². The molecule has 0 atom stereocenters. The van der Waals surface area contributed by atoms with Crippen LogP contribution in [0, 0.1) is 0 Å². The average molecular weight is 484 g/mol. The molecule has 3 amide bonds. The largest absolute Gasteiger partial charge is 0.484 e. The van der Waals surface area contributed by atoms with E-state index in [2.05, 4.69) is 5.32 Å². The van der Waals surface area contributed by atoms with Gasteiger partial charge in [0.1, 0.15) is 5.75 Å². The van der Waals surface area contributed by atoms with E-state index >= 15 is 0 Å². The Kier molecular flexibility index (Phi) is 7.37. The summed E-state index contributed by atoms with van der Waals surface area (Å²) < 4.78 is 5.49. The van der Waals surface area contributed by atoms with Gasteiger partial charge in [-0.3, -0.25) is 9.69 Å². The molecule has 1 saturated heterocycles. The molecule has 0 unspecified atom stereocenters. The molecule has 6 nitrogen and oxygen atoms in total. The van der Waals surface area contributed by atoms with Gasteiger partial charge in [0.15, 0.2) is 6.61 Å². The summed E-state index contributed by atoms with van der Waals surface area (Å²) in [4.78, 5) is 29.0. The second kappa shape index (κ2) is 10.6. The first-order valence-corrected chi connectivity index (χ1v) is 11.3. The molecule has 0 aromatic heterocycles. The van der Waals surface area contributed by atoms with Gasteiger partial charge in [-0.25, -0.2) is 4.79 Å². The lowest BCUT2D eigenvalue weighted by Gasteiger charge is -2.36. The topological polar surface area (TPSA) is 61.9 Å². The molecule has 1 aliphatic heterocycles. The summed E-state index contributed by atoms with van der Waals surface area (Å²) in [5, 5.41) is 3.78. The van der Waals surface area contributed by atoms with Gasteiger partial charge in [0.05, 0.1) is 10.0 Å². The van der Waals surface area contributed by atoms with Crippen LogP contribution in [0.1, 0.15) is 12.0 Å². The summed E-state index contributed by atoms with van der Waals surface area (Å²) >= 11 is 12.1. The van der Waals surface area contributed by atoms with E-state index < -0.39 is 0 Å². The lowest BCUT2D eigenvalue weighted by Crippen LogP contribution is -2.49. The van der Waals surface area contributed by atoms with Crippen LogP contribution in [-0.4, -0.2) is 36.5 Å². The van der Waals surface area contributed by atoms with Gasteiger partial charge >= 0.3 is 6.03 Å². The molecule has 1 aliphatic rings. The number of carbonyl (C=O) groups excluding carboxylic acids is 2. The molecule has 1 fully saturated rings. The quantitative estimate of drug-likeness (QED) is 0.458. The average Bonchev–Trinajstić information content (AvgIpc) is 2.82. The van der Waals surface area contributed by atoms with Crippen molar-refractivity contribution in [3.63, 3.8) is 0 Å². The highest BCUT2D eigenvalue weighted by molar-refractivity contribution is 6.42. The van der Waals surface area contributed by atoms with E-state index in [4.69, 9.17) is 27.9 Å². The number of nitrogens with one attached hydrogen (secondary N) is 1. The summed E-state index contributed by atoms with van der Waals surface area (Å²) in [5.74, 6) is 0.351. The predicted octanol–water partition coefficient (Wildman–Crippen LogP) is 5.84. The molecular formula is C25H23Cl2N3O3. The molecule has 0 aliphatic carbocycles. The van der Waals surface area contributed by atoms with Crippen LogP contribution in [0.5, 0.6) is 5.75 Å². The summed E-state index contributed by atoms with van der Waals surface area (Å²) in [7, 11) is 0. The fraction of sp³-hybridized carbons (Fsp3) is 0.200.